The summed E-state index contributed by atoms with van der Waals surface area (Å²) in [7, 11) is 0. The quantitative estimate of drug-likeness (QED) is 0.105. The molecular weight excluding hydrogens is 460 g/mol. The van der Waals surface area contributed by atoms with Gasteiger partial charge in [0, 0.05) is 16.0 Å². The molecule has 1 aliphatic rings. The third kappa shape index (κ3) is 7.19. The molecule has 7 nitrogen and oxygen atoms in total. The van der Waals surface area contributed by atoms with Crippen LogP contribution in [0.1, 0.15) is 55.4 Å². The topological polar surface area (TPSA) is 113 Å². The molecule has 35 heavy (non-hydrogen) atoms. The molecular formula is C27H34N4O3S. The van der Waals surface area contributed by atoms with E-state index in [1.54, 1.807) is 35.6 Å². The van der Waals surface area contributed by atoms with Gasteiger partial charge in [0.15, 0.2) is 5.13 Å². The Morgan fingerprint density at radius 2 is 1.57 bits per heavy atom. The minimum Gasteiger partial charge on any atom is -0.494 e. The lowest BCUT2D eigenvalue weighted by molar-refractivity contribution is 0.234. The summed E-state index contributed by atoms with van der Waals surface area (Å²) in [6, 6.07) is 15.3. The van der Waals surface area contributed by atoms with E-state index in [4.69, 9.17) is 25.8 Å². The molecule has 8 heteroatoms. The van der Waals surface area contributed by atoms with Crippen molar-refractivity contribution in [3.63, 3.8) is 0 Å². The summed E-state index contributed by atoms with van der Waals surface area (Å²) < 4.78 is 11.7. The highest BCUT2D eigenvalue weighted by Gasteiger charge is 2.20. The van der Waals surface area contributed by atoms with Gasteiger partial charge in [0.1, 0.15) is 17.3 Å². The molecule has 0 amide bonds. The normalized spacial score (nSPS) is 13.6. The lowest BCUT2D eigenvalue weighted by atomic mass is 10.0. The molecule has 186 valence electrons. The number of rotatable bonds is 12. The number of nitrogens with one attached hydrogen (secondary N) is 2. The van der Waals surface area contributed by atoms with Gasteiger partial charge in [-0.2, -0.15) is 0 Å². The first-order valence-corrected chi connectivity index (χ1v) is 13.1. The smallest absolute Gasteiger partial charge is 0.180 e. The minimum atomic E-state index is -0.0388. The molecule has 3 aromatic rings. The van der Waals surface area contributed by atoms with Gasteiger partial charge in [-0.1, -0.05) is 25.7 Å². The van der Waals surface area contributed by atoms with E-state index in [2.05, 4.69) is 17.1 Å². The van der Waals surface area contributed by atoms with E-state index in [-0.39, 0.29) is 5.84 Å². The summed E-state index contributed by atoms with van der Waals surface area (Å²) in [5.74, 6) is 2.35. The maximum Gasteiger partial charge on any atom is 0.180 e. The van der Waals surface area contributed by atoms with E-state index in [9.17, 15) is 0 Å². The van der Waals surface area contributed by atoms with Gasteiger partial charge in [0.2, 0.25) is 0 Å². The maximum absolute atomic E-state index is 8.77. The van der Waals surface area contributed by atoms with Crippen molar-refractivity contribution in [3.05, 3.63) is 59.0 Å². The van der Waals surface area contributed by atoms with Crippen LogP contribution in [0.5, 0.6) is 11.5 Å². The highest BCUT2D eigenvalue weighted by molar-refractivity contribution is 7.15. The fraction of sp³-hybridized carbons (Fsp3) is 0.407. The standard InChI is InChI=1S/C27H34N4O3S/c28-26(31-32)21-10-14-23(15-11-21)34-17-5-1-4-16-33-22-12-8-20(9-13-22)25-24(35-27(29)30-25)18-19-6-2-3-7-19/h8-15,19,32H,1-7,16-18H2,(H2,28,31)(H2,29,30). The SMILES string of the molecule is N=C(NO)c1ccc(OCCCCCOc2ccc(-c3nc(N)sc3CC3CCCC3)cc2)cc1. The Morgan fingerprint density at radius 1 is 0.971 bits per heavy atom. The highest BCUT2D eigenvalue weighted by Crippen LogP contribution is 2.36. The number of thiazole rings is 1. The Labute approximate surface area is 210 Å². The number of benzene rings is 2. The Balaban J connectivity index is 1.16. The number of hydrogen-bond acceptors (Lipinski definition) is 7. The zero-order chi connectivity index (χ0) is 24.5. The van der Waals surface area contributed by atoms with Gasteiger partial charge in [-0.3, -0.25) is 16.1 Å². The highest BCUT2D eigenvalue weighted by atomic mass is 32.1. The van der Waals surface area contributed by atoms with Gasteiger partial charge in [-0.05, 0) is 80.1 Å². The first-order chi connectivity index (χ1) is 17.1. The van der Waals surface area contributed by atoms with E-state index < -0.39 is 0 Å². The van der Waals surface area contributed by atoms with Crippen molar-refractivity contribution in [3.8, 4) is 22.8 Å². The molecule has 0 radical (unpaired) electrons. The number of amidine groups is 1. The predicted molar refractivity (Wildman–Crippen MR) is 141 cm³/mol. The van der Waals surface area contributed by atoms with Gasteiger partial charge >= 0.3 is 0 Å². The fourth-order valence-corrected chi connectivity index (χ4v) is 5.43. The Bertz CT molecular complexity index is 1080. The average molecular weight is 495 g/mol. The molecule has 0 atom stereocenters. The first-order valence-electron chi connectivity index (χ1n) is 12.3. The van der Waals surface area contributed by atoms with E-state index >= 15 is 0 Å². The van der Waals surface area contributed by atoms with Gasteiger partial charge in [-0.15, -0.1) is 11.3 Å². The Kier molecular flexibility index (Phi) is 8.97. The molecule has 4 rings (SSSR count). The summed E-state index contributed by atoms with van der Waals surface area (Å²) >= 11 is 1.63. The number of nitrogens with zero attached hydrogens (tertiary/aromatic N) is 1. The number of nitrogen functional groups attached to an aromatic ring is 1. The zero-order valence-corrected chi connectivity index (χ0v) is 20.8. The summed E-state index contributed by atoms with van der Waals surface area (Å²) in [5, 5.41) is 16.9. The van der Waals surface area contributed by atoms with E-state index in [0.717, 1.165) is 54.4 Å². The zero-order valence-electron chi connectivity index (χ0n) is 20.0. The number of hydrogen-bond donors (Lipinski definition) is 4. The van der Waals surface area contributed by atoms with Crippen LogP contribution in [0.15, 0.2) is 48.5 Å². The van der Waals surface area contributed by atoms with Gasteiger partial charge in [0.25, 0.3) is 0 Å². The molecule has 1 heterocycles. The van der Waals surface area contributed by atoms with Gasteiger partial charge < -0.3 is 15.2 Å². The van der Waals surface area contributed by atoms with Crippen LogP contribution in [0.4, 0.5) is 5.13 Å². The lowest BCUT2D eigenvalue weighted by Crippen LogP contribution is -2.18. The summed E-state index contributed by atoms with van der Waals surface area (Å²) in [6.07, 6.45) is 9.32. The van der Waals surface area contributed by atoms with E-state index in [1.807, 2.05) is 17.6 Å². The van der Waals surface area contributed by atoms with Crippen molar-refractivity contribution in [2.24, 2.45) is 5.92 Å². The summed E-state index contributed by atoms with van der Waals surface area (Å²) in [4.78, 5) is 5.92. The molecule has 1 fully saturated rings. The molecule has 0 bridgehead atoms. The molecule has 0 unspecified atom stereocenters. The second-order valence-electron chi connectivity index (χ2n) is 8.97. The number of aromatic nitrogens is 1. The molecule has 0 aliphatic heterocycles. The molecule has 1 aromatic heterocycles. The summed E-state index contributed by atoms with van der Waals surface area (Å²) in [6.45, 7) is 1.30. The molecule has 5 N–H and O–H groups in total. The molecule has 1 aliphatic carbocycles. The van der Waals surface area contributed by atoms with Crippen LogP contribution in [0.2, 0.25) is 0 Å². The van der Waals surface area contributed by atoms with Crippen molar-refractivity contribution in [2.45, 2.75) is 51.4 Å². The number of nitrogens with two attached hydrogens (primary N) is 1. The van der Waals surface area contributed by atoms with Crippen LogP contribution >= 0.6 is 11.3 Å². The molecule has 0 spiro atoms. The van der Waals surface area contributed by atoms with Gasteiger partial charge in [0.05, 0.1) is 18.9 Å². The van der Waals surface area contributed by atoms with Crippen molar-refractivity contribution in [1.82, 2.24) is 10.5 Å². The van der Waals surface area contributed by atoms with Gasteiger partial charge in [-0.25, -0.2) is 4.98 Å². The van der Waals surface area contributed by atoms with Crippen LogP contribution in [-0.2, 0) is 6.42 Å². The Hall–Kier alpha value is -3.10. The van der Waals surface area contributed by atoms with Crippen molar-refractivity contribution >= 4 is 22.3 Å². The lowest BCUT2D eigenvalue weighted by Gasteiger charge is -2.10. The maximum atomic E-state index is 8.77. The minimum absolute atomic E-state index is 0.0388. The summed E-state index contributed by atoms with van der Waals surface area (Å²) in [5.41, 5.74) is 10.6. The van der Waals surface area contributed by atoms with Crippen LogP contribution in [0.25, 0.3) is 11.3 Å². The fourth-order valence-electron chi connectivity index (χ4n) is 4.46. The monoisotopic (exact) mass is 494 g/mol. The third-order valence-corrected chi connectivity index (χ3v) is 7.28. The molecule has 1 saturated carbocycles. The Morgan fingerprint density at radius 3 is 2.17 bits per heavy atom. The van der Waals surface area contributed by atoms with Crippen LogP contribution in [-0.4, -0.2) is 29.2 Å². The third-order valence-electron chi connectivity index (χ3n) is 6.37. The molecule has 2 aromatic carbocycles. The van der Waals surface area contributed by atoms with Crippen molar-refractivity contribution < 1.29 is 14.7 Å². The number of anilines is 1. The van der Waals surface area contributed by atoms with Crippen LogP contribution < -0.4 is 20.7 Å². The average Bonchev–Trinajstić information content (AvgIpc) is 3.53. The number of hydroxylamine groups is 1. The number of ether oxygens (including phenoxy) is 2. The van der Waals surface area contributed by atoms with Crippen LogP contribution in [0.3, 0.4) is 0 Å². The van der Waals surface area contributed by atoms with Crippen molar-refractivity contribution in [1.29, 1.82) is 5.41 Å². The largest absolute Gasteiger partial charge is 0.494 e. The number of unbranched alkanes of at least 4 members (excludes halogenated alkanes) is 2. The van der Waals surface area contributed by atoms with Crippen molar-refractivity contribution in [2.75, 3.05) is 18.9 Å². The second kappa shape index (κ2) is 12.6. The van der Waals surface area contributed by atoms with Crippen LogP contribution in [0, 0.1) is 11.3 Å². The predicted octanol–water partition coefficient (Wildman–Crippen LogP) is 6.06. The van der Waals surface area contributed by atoms with E-state index in [0.29, 0.717) is 23.9 Å². The first kappa shape index (κ1) is 25.0. The molecule has 0 saturated heterocycles. The van der Waals surface area contributed by atoms with E-state index in [1.165, 1.54) is 30.6 Å². The second-order valence-corrected chi connectivity index (χ2v) is 10.1.